The van der Waals surface area contributed by atoms with Crippen molar-refractivity contribution in [3.8, 4) is 5.75 Å². The van der Waals surface area contributed by atoms with Gasteiger partial charge in [-0.15, -0.1) is 10.2 Å². The Balaban J connectivity index is 2.07. The fourth-order valence-corrected chi connectivity index (χ4v) is 2.70. The number of para-hydroxylation sites is 1. The van der Waals surface area contributed by atoms with Crippen LogP contribution in [-0.2, 0) is 24.9 Å². The number of benzene rings is 1. The van der Waals surface area contributed by atoms with E-state index in [1.54, 1.807) is 0 Å². The highest BCUT2D eigenvalue weighted by Gasteiger charge is 2.14. The first kappa shape index (κ1) is 23.7. The molecule has 0 unspecified atom stereocenters. The number of hydrogen-bond acceptors (Lipinski definition) is 5. The summed E-state index contributed by atoms with van der Waals surface area (Å²) in [5, 5.41) is 15.0. The maximum atomic E-state index is 6.09. The average molecular weight is 417 g/mol. The molecule has 8 heteroatoms. The van der Waals surface area contributed by atoms with Crippen molar-refractivity contribution < 1.29 is 9.47 Å². The molecule has 0 spiro atoms. The Labute approximate surface area is 180 Å². The monoisotopic (exact) mass is 416 g/mol. The van der Waals surface area contributed by atoms with E-state index >= 15 is 0 Å². The van der Waals surface area contributed by atoms with E-state index < -0.39 is 0 Å². The van der Waals surface area contributed by atoms with Crippen LogP contribution in [0.2, 0.25) is 0 Å². The lowest BCUT2D eigenvalue weighted by atomic mass is 10.1. The SMILES string of the molecule is CCOCCCNC(=NCc1ccccc1OC(C)(C)C)NCc1nnc(C)n1C. The quantitative estimate of drug-likeness (QED) is 0.352. The van der Waals surface area contributed by atoms with Gasteiger partial charge in [-0.05, 0) is 47.1 Å². The molecule has 2 aromatic rings. The number of rotatable bonds is 10. The fourth-order valence-electron chi connectivity index (χ4n) is 2.70. The zero-order valence-electron chi connectivity index (χ0n) is 19.2. The Morgan fingerprint density at radius 3 is 2.60 bits per heavy atom. The Kier molecular flexibility index (Phi) is 9.11. The van der Waals surface area contributed by atoms with Gasteiger partial charge in [-0.25, -0.2) is 4.99 Å². The van der Waals surface area contributed by atoms with Crippen LogP contribution in [0.5, 0.6) is 5.75 Å². The molecule has 0 amide bonds. The minimum atomic E-state index is -0.262. The Morgan fingerprint density at radius 2 is 1.93 bits per heavy atom. The smallest absolute Gasteiger partial charge is 0.191 e. The summed E-state index contributed by atoms with van der Waals surface area (Å²) in [7, 11) is 1.96. The molecule has 0 bridgehead atoms. The van der Waals surface area contributed by atoms with E-state index in [2.05, 4.69) is 20.8 Å². The summed E-state index contributed by atoms with van der Waals surface area (Å²) in [6.45, 7) is 13.3. The van der Waals surface area contributed by atoms with Gasteiger partial charge in [-0.1, -0.05) is 18.2 Å². The maximum absolute atomic E-state index is 6.09. The molecular weight excluding hydrogens is 380 g/mol. The molecule has 0 aliphatic rings. The Morgan fingerprint density at radius 1 is 1.17 bits per heavy atom. The molecule has 0 aliphatic heterocycles. The zero-order chi connectivity index (χ0) is 22.0. The summed E-state index contributed by atoms with van der Waals surface area (Å²) in [5.74, 6) is 3.31. The van der Waals surface area contributed by atoms with Gasteiger partial charge >= 0.3 is 0 Å². The predicted octanol–water partition coefficient (Wildman–Crippen LogP) is 2.96. The van der Waals surface area contributed by atoms with Crippen molar-refractivity contribution in [3.63, 3.8) is 0 Å². The van der Waals surface area contributed by atoms with Crippen molar-refractivity contribution in [3.05, 3.63) is 41.5 Å². The van der Waals surface area contributed by atoms with Gasteiger partial charge < -0.3 is 24.7 Å². The van der Waals surface area contributed by atoms with Gasteiger partial charge in [0.05, 0.1) is 13.1 Å². The van der Waals surface area contributed by atoms with Crippen molar-refractivity contribution in [2.75, 3.05) is 19.8 Å². The molecule has 0 fully saturated rings. The van der Waals surface area contributed by atoms with E-state index in [9.17, 15) is 0 Å². The number of aliphatic imine (C=N–C) groups is 1. The molecule has 8 nitrogen and oxygen atoms in total. The van der Waals surface area contributed by atoms with Crippen molar-refractivity contribution in [1.82, 2.24) is 25.4 Å². The Bertz CT molecular complexity index is 810. The molecule has 0 atom stereocenters. The van der Waals surface area contributed by atoms with Crippen LogP contribution in [0.15, 0.2) is 29.3 Å². The first-order valence-corrected chi connectivity index (χ1v) is 10.5. The third kappa shape index (κ3) is 8.02. The van der Waals surface area contributed by atoms with Crippen LogP contribution < -0.4 is 15.4 Å². The van der Waals surface area contributed by atoms with Crippen molar-refractivity contribution in [1.29, 1.82) is 0 Å². The molecular formula is C22H36N6O2. The van der Waals surface area contributed by atoms with Gasteiger partial charge in [-0.3, -0.25) is 0 Å². The number of guanidine groups is 1. The molecule has 1 aromatic heterocycles. The highest BCUT2D eigenvalue weighted by molar-refractivity contribution is 5.79. The number of nitrogens with zero attached hydrogens (tertiary/aromatic N) is 4. The lowest BCUT2D eigenvalue weighted by Crippen LogP contribution is -2.38. The standard InChI is InChI=1S/C22H36N6O2/c1-7-29-14-10-13-23-21(25-16-20-27-26-17(2)28(20)6)24-15-18-11-8-9-12-19(18)30-22(3,4)5/h8-9,11-12H,7,10,13-16H2,1-6H3,(H2,23,24,25). The van der Waals surface area contributed by atoms with E-state index in [0.29, 0.717) is 13.1 Å². The number of hydrogen-bond donors (Lipinski definition) is 2. The average Bonchev–Trinajstić information content (AvgIpc) is 3.01. The normalized spacial score (nSPS) is 12.1. The summed E-state index contributed by atoms with van der Waals surface area (Å²) in [5.41, 5.74) is 0.777. The summed E-state index contributed by atoms with van der Waals surface area (Å²) in [6, 6.07) is 8.02. The molecule has 1 aromatic carbocycles. The van der Waals surface area contributed by atoms with E-state index in [-0.39, 0.29) is 5.60 Å². The number of aryl methyl sites for hydroxylation is 1. The zero-order valence-corrected chi connectivity index (χ0v) is 19.2. The molecule has 0 aliphatic carbocycles. The number of nitrogens with one attached hydrogen (secondary N) is 2. The van der Waals surface area contributed by atoms with Crippen LogP contribution in [0.25, 0.3) is 0 Å². The highest BCUT2D eigenvalue weighted by Crippen LogP contribution is 2.23. The van der Waals surface area contributed by atoms with Crippen molar-refractivity contribution >= 4 is 5.96 Å². The number of ether oxygens (including phenoxy) is 2. The molecule has 0 saturated heterocycles. The van der Waals surface area contributed by atoms with Crippen LogP contribution >= 0.6 is 0 Å². The summed E-state index contributed by atoms with van der Waals surface area (Å²) in [6.07, 6.45) is 0.904. The minimum absolute atomic E-state index is 0.262. The van der Waals surface area contributed by atoms with E-state index in [0.717, 1.165) is 55.1 Å². The van der Waals surface area contributed by atoms with Gasteiger partial charge in [-0.2, -0.15) is 0 Å². The van der Waals surface area contributed by atoms with Crippen LogP contribution in [0.1, 0.15) is 51.3 Å². The van der Waals surface area contributed by atoms with Gasteiger partial charge in [0.2, 0.25) is 0 Å². The second kappa shape index (κ2) is 11.5. The summed E-state index contributed by atoms with van der Waals surface area (Å²) >= 11 is 0. The van der Waals surface area contributed by atoms with E-state index in [1.807, 2.05) is 70.5 Å². The Hall–Kier alpha value is -2.61. The highest BCUT2D eigenvalue weighted by atomic mass is 16.5. The molecule has 2 N–H and O–H groups in total. The molecule has 1 heterocycles. The first-order valence-electron chi connectivity index (χ1n) is 10.5. The van der Waals surface area contributed by atoms with Gasteiger partial charge in [0, 0.05) is 32.4 Å². The second-order valence-corrected chi connectivity index (χ2v) is 8.04. The van der Waals surface area contributed by atoms with Gasteiger partial charge in [0.25, 0.3) is 0 Å². The summed E-state index contributed by atoms with van der Waals surface area (Å²) in [4.78, 5) is 4.77. The van der Waals surface area contributed by atoms with Crippen molar-refractivity contribution in [2.45, 2.75) is 59.7 Å². The van der Waals surface area contributed by atoms with Crippen molar-refractivity contribution in [2.24, 2.45) is 12.0 Å². The second-order valence-electron chi connectivity index (χ2n) is 8.04. The predicted molar refractivity (Wildman–Crippen MR) is 120 cm³/mol. The molecule has 30 heavy (non-hydrogen) atoms. The van der Waals surface area contributed by atoms with Crippen LogP contribution in [0, 0.1) is 6.92 Å². The van der Waals surface area contributed by atoms with Crippen LogP contribution in [0.3, 0.4) is 0 Å². The lowest BCUT2D eigenvalue weighted by Gasteiger charge is -2.23. The number of aromatic nitrogens is 3. The van der Waals surface area contributed by atoms with Gasteiger partial charge in [0.15, 0.2) is 11.8 Å². The van der Waals surface area contributed by atoms with Crippen LogP contribution in [-0.4, -0.2) is 46.1 Å². The van der Waals surface area contributed by atoms with Crippen LogP contribution in [0.4, 0.5) is 0 Å². The third-order valence-electron chi connectivity index (χ3n) is 4.35. The molecule has 0 radical (unpaired) electrons. The van der Waals surface area contributed by atoms with E-state index in [1.165, 1.54) is 0 Å². The van der Waals surface area contributed by atoms with Gasteiger partial charge in [0.1, 0.15) is 17.2 Å². The third-order valence-corrected chi connectivity index (χ3v) is 4.35. The lowest BCUT2D eigenvalue weighted by molar-refractivity contribution is 0.129. The fraction of sp³-hybridized carbons (Fsp3) is 0.591. The summed E-state index contributed by atoms with van der Waals surface area (Å²) < 4.78 is 13.5. The first-order chi connectivity index (χ1) is 14.3. The maximum Gasteiger partial charge on any atom is 0.191 e. The topological polar surface area (TPSA) is 85.6 Å². The van der Waals surface area contributed by atoms with E-state index in [4.69, 9.17) is 14.5 Å². The molecule has 2 rings (SSSR count). The molecule has 0 saturated carbocycles. The minimum Gasteiger partial charge on any atom is -0.488 e. The largest absolute Gasteiger partial charge is 0.488 e. The molecule has 166 valence electrons.